The van der Waals surface area contributed by atoms with Crippen LogP contribution < -0.4 is 28.3 Å². The molecule has 0 aromatic rings. The first-order valence-corrected chi connectivity index (χ1v) is 20.0. The molecule has 9 nitrogen and oxygen atoms in total. The van der Waals surface area contributed by atoms with Crippen molar-refractivity contribution in [3.05, 3.63) is 0 Å². The molecule has 9 N–H and O–H groups in total. The number of hydrogen-bond donors (Lipinski definition) is 5. The summed E-state index contributed by atoms with van der Waals surface area (Å²) in [6, 6.07) is -1.28. The Morgan fingerprint density at radius 3 is 1.43 bits per heavy atom. The fourth-order valence-electron chi connectivity index (χ4n) is 6.17. The van der Waals surface area contributed by atoms with Crippen molar-refractivity contribution in [1.29, 1.82) is 0 Å². The van der Waals surface area contributed by atoms with Gasteiger partial charge in [-0.2, -0.15) is 0 Å². The Morgan fingerprint density at radius 1 is 0.596 bits per heavy atom. The largest absolute Gasteiger partial charge is 0.370 e. The van der Waals surface area contributed by atoms with Gasteiger partial charge in [-0.15, -0.1) is 0 Å². The number of aliphatic imine (C=N–C) groups is 1. The lowest BCUT2D eigenvalue weighted by atomic mass is 10.0. The maximum Gasteiger partial charge on any atom is 0.245 e. The molecular formula is C38H79N7O2. The number of guanidine groups is 1. The van der Waals surface area contributed by atoms with Crippen molar-refractivity contribution in [3.8, 4) is 0 Å². The lowest BCUT2D eigenvalue weighted by Crippen LogP contribution is -2.53. The third kappa shape index (κ3) is 28.8. The monoisotopic (exact) mass is 666 g/mol. The average Bonchev–Trinajstić information content (AvgIpc) is 3.06. The molecule has 0 aliphatic carbocycles. The summed E-state index contributed by atoms with van der Waals surface area (Å²) < 4.78 is 0. The Labute approximate surface area is 290 Å². The van der Waals surface area contributed by atoms with E-state index in [1.165, 1.54) is 116 Å². The highest BCUT2D eigenvalue weighted by atomic mass is 16.2. The third-order valence-corrected chi connectivity index (χ3v) is 9.24. The molecule has 0 radical (unpaired) electrons. The smallest absolute Gasteiger partial charge is 0.245 e. The summed E-state index contributed by atoms with van der Waals surface area (Å²) in [5, 5.41) is 3.01. The number of nitrogens with zero attached hydrogens (tertiary/aromatic N) is 2. The molecule has 0 saturated carbocycles. The van der Waals surface area contributed by atoms with Crippen molar-refractivity contribution >= 4 is 17.8 Å². The van der Waals surface area contributed by atoms with E-state index in [0.717, 1.165) is 51.6 Å². The van der Waals surface area contributed by atoms with Crippen molar-refractivity contribution in [2.75, 3.05) is 26.2 Å². The molecule has 0 aliphatic heterocycles. The summed E-state index contributed by atoms with van der Waals surface area (Å²) in [7, 11) is 0. The van der Waals surface area contributed by atoms with Gasteiger partial charge in [-0.1, -0.05) is 142 Å². The maximum absolute atomic E-state index is 13.9. The summed E-state index contributed by atoms with van der Waals surface area (Å²) in [4.78, 5) is 33.0. The molecule has 0 saturated heterocycles. The minimum absolute atomic E-state index is 0.0297. The van der Waals surface area contributed by atoms with E-state index in [1.807, 2.05) is 4.90 Å². The Bertz CT molecular complexity index is 746. The van der Waals surface area contributed by atoms with Crippen LogP contribution in [0.2, 0.25) is 0 Å². The average molecular weight is 666 g/mol. The lowest BCUT2D eigenvalue weighted by molar-refractivity contribution is -0.137. The first kappa shape index (κ1) is 45.1. The predicted molar refractivity (Wildman–Crippen MR) is 202 cm³/mol. The topological polar surface area (TPSA) is 166 Å². The molecule has 2 amide bonds. The minimum Gasteiger partial charge on any atom is -0.370 e. The molecule has 0 rings (SSSR count). The second kappa shape index (κ2) is 34.0. The number of nitrogens with one attached hydrogen (secondary N) is 1. The van der Waals surface area contributed by atoms with Crippen LogP contribution in [-0.4, -0.2) is 60.9 Å². The molecule has 0 bridgehead atoms. The summed E-state index contributed by atoms with van der Waals surface area (Å²) in [5.74, 6) is -0.226. The van der Waals surface area contributed by atoms with Gasteiger partial charge in [-0.3, -0.25) is 14.6 Å². The zero-order valence-electron chi connectivity index (χ0n) is 31.1. The molecule has 278 valence electrons. The van der Waals surface area contributed by atoms with E-state index in [4.69, 9.17) is 22.9 Å². The van der Waals surface area contributed by atoms with Crippen LogP contribution >= 0.6 is 0 Å². The van der Waals surface area contributed by atoms with Gasteiger partial charge in [0.1, 0.15) is 6.04 Å². The highest BCUT2D eigenvalue weighted by Gasteiger charge is 2.27. The highest BCUT2D eigenvalue weighted by molar-refractivity contribution is 5.89. The number of carbonyl (C=O) groups excluding carboxylic acids is 2. The number of carbonyl (C=O) groups is 2. The van der Waals surface area contributed by atoms with Gasteiger partial charge in [0.25, 0.3) is 0 Å². The van der Waals surface area contributed by atoms with Gasteiger partial charge in [0.05, 0.1) is 6.04 Å². The van der Waals surface area contributed by atoms with Gasteiger partial charge < -0.3 is 33.2 Å². The molecule has 0 heterocycles. The van der Waals surface area contributed by atoms with Crippen LogP contribution in [0.3, 0.4) is 0 Å². The van der Waals surface area contributed by atoms with Crippen molar-refractivity contribution in [1.82, 2.24) is 10.2 Å². The molecule has 0 aliphatic rings. The van der Waals surface area contributed by atoms with Crippen LogP contribution in [0.1, 0.15) is 187 Å². The second-order valence-corrected chi connectivity index (χ2v) is 13.8. The standard InChI is InChI=1S/C38H79N7O2/c1-3-5-7-9-11-13-15-16-18-20-22-26-33-45(32-25-21-19-17-14-12-10-8-6-4-2)37(47)35(29-23-24-30-39)44-36(46)34(40)28-27-31-43-38(41)42/h34-35H,3-33,39-40H2,1-2H3,(H,44,46)(H4,41,42,43)/t34?,35-/m1/s1. The maximum atomic E-state index is 13.9. The van der Waals surface area contributed by atoms with Gasteiger partial charge in [0, 0.05) is 19.6 Å². The van der Waals surface area contributed by atoms with Gasteiger partial charge in [0.2, 0.25) is 11.8 Å². The predicted octanol–water partition coefficient (Wildman–Crippen LogP) is 7.43. The molecule has 1 unspecified atom stereocenters. The van der Waals surface area contributed by atoms with E-state index < -0.39 is 12.1 Å². The Morgan fingerprint density at radius 2 is 1.02 bits per heavy atom. The number of nitrogens with two attached hydrogens (primary N) is 4. The third-order valence-electron chi connectivity index (χ3n) is 9.24. The van der Waals surface area contributed by atoms with E-state index in [9.17, 15) is 9.59 Å². The lowest BCUT2D eigenvalue weighted by Gasteiger charge is -2.29. The van der Waals surface area contributed by atoms with Gasteiger partial charge in [0.15, 0.2) is 5.96 Å². The molecule has 0 fully saturated rings. The second-order valence-electron chi connectivity index (χ2n) is 13.8. The minimum atomic E-state index is -0.708. The van der Waals surface area contributed by atoms with Crippen molar-refractivity contribution in [2.45, 2.75) is 199 Å². The van der Waals surface area contributed by atoms with E-state index in [2.05, 4.69) is 24.2 Å². The van der Waals surface area contributed by atoms with E-state index >= 15 is 0 Å². The Hall–Kier alpha value is -1.87. The van der Waals surface area contributed by atoms with E-state index in [-0.39, 0.29) is 17.8 Å². The first-order chi connectivity index (χ1) is 22.9. The normalized spacial score (nSPS) is 12.5. The first-order valence-electron chi connectivity index (χ1n) is 20.0. The van der Waals surface area contributed by atoms with E-state index in [0.29, 0.717) is 32.4 Å². The summed E-state index contributed by atoms with van der Waals surface area (Å²) in [6.07, 6.45) is 31.4. The van der Waals surface area contributed by atoms with Crippen LogP contribution in [0.15, 0.2) is 4.99 Å². The summed E-state index contributed by atoms with van der Waals surface area (Å²) in [6.45, 7) is 7.03. The molecule has 0 aromatic heterocycles. The molecule has 47 heavy (non-hydrogen) atoms. The van der Waals surface area contributed by atoms with Crippen LogP contribution in [0.4, 0.5) is 0 Å². The number of unbranched alkanes of at least 4 members (excludes halogenated alkanes) is 21. The fourth-order valence-corrected chi connectivity index (χ4v) is 6.17. The van der Waals surface area contributed by atoms with Crippen molar-refractivity contribution < 1.29 is 9.59 Å². The number of rotatable bonds is 35. The van der Waals surface area contributed by atoms with Gasteiger partial charge in [-0.25, -0.2) is 0 Å². The van der Waals surface area contributed by atoms with Crippen LogP contribution in [0.25, 0.3) is 0 Å². The SMILES string of the molecule is CCCCCCCCCCCCCCN(CCCCCCCCCCCC)C(=O)[C@@H](CCCCN)NC(=O)C(N)CCCN=C(N)N. The van der Waals surface area contributed by atoms with Crippen LogP contribution in [0, 0.1) is 0 Å². The molecule has 2 atom stereocenters. The number of hydrogen-bond acceptors (Lipinski definition) is 5. The molecule has 0 aromatic carbocycles. The van der Waals surface area contributed by atoms with Crippen LogP contribution in [0.5, 0.6) is 0 Å². The highest BCUT2D eigenvalue weighted by Crippen LogP contribution is 2.15. The summed E-state index contributed by atoms with van der Waals surface area (Å²) >= 11 is 0. The van der Waals surface area contributed by atoms with Crippen molar-refractivity contribution in [3.63, 3.8) is 0 Å². The quantitative estimate of drug-likeness (QED) is 0.0268. The molecular weight excluding hydrogens is 586 g/mol. The summed E-state index contributed by atoms with van der Waals surface area (Å²) in [5.41, 5.74) is 22.8. The van der Waals surface area contributed by atoms with Gasteiger partial charge >= 0.3 is 0 Å². The zero-order valence-corrected chi connectivity index (χ0v) is 31.1. The molecule has 0 spiro atoms. The molecule has 9 heteroatoms. The fraction of sp³-hybridized carbons (Fsp3) is 0.921. The van der Waals surface area contributed by atoms with Crippen molar-refractivity contribution in [2.24, 2.45) is 27.9 Å². The Balaban J connectivity index is 4.96. The van der Waals surface area contributed by atoms with Crippen LogP contribution in [-0.2, 0) is 9.59 Å². The zero-order chi connectivity index (χ0) is 34.8. The van der Waals surface area contributed by atoms with E-state index in [1.54, 1.807) is 0 Å². The Kier molecular flexibility index (Phi) is 32.7. The number of amides is 2. The van der Waals surface area contributed by atoms with Gasteiger partial charge in [-0.05, 0) is 51.5 Å².